The molecule has 1 aliphatic heterocycles. The largest absolute Gasteiger partial charge is 0.493 e. The highest BCUT2D eigenvalue weighted by Crippen LogP contribution is 2.28. The Morgan fingerprint density at radius 1 is 0.857 bits per heavy atom. The van der Waals surface area contributed by atoms with Gasteiger partial charge in [0.05, 0.1) is 24.7 Å². The summed E-state index contributed by atoms with van der Waals surface area (Å²) >= 11 is 0. The third-order valence-electron chi connectivity index (χ3n) is 5.89. The quantitative estimate of drug-likeness (QED) is 0.461. The molecule has 0 aromatic heterocycles. The van der Waals surface area contributed by atoms with E-state index in [0.29, 0.717) is 17.1 Å². The number of carbonyl (C=O) groups is 2. The van der Waals surface area contributed by atoms with Crippen molar-refractivity contribution in [2.75, 3.05) is 47.0 Å². The normalized spacial score (nSPS) is 14.5. The first-order valence-corrected chi connectivity index (χ1v) is 12.4. The molecule has 9 nitrogen and oxygen atoms in total. The SMILES string of the molecule is COC(=O)c1ccc(OCC(=O)N2CCN(S(=O)(=O)c3ccc4ccccc4c3)CC2)c(OC)c1. The highest BCUT2D eigenvalue weighted by Gasteiger charge is 2.30. The number of piperazine rings is 1. The smallest absolute Gasteiger partial charge is 0.337 e. The van der Waals surface area contributed by atoms with Crippen LogP contribution in [0.15, 0.2) is 65.6 Å². The van der Waals surface area contributed by atoms with Crippen LogP contribution < -0.4 is 9.47 Å². The van der Waals surface area contributed by atoms with Gasteiger partial charge in [-0.2, -0.15) is 4.31 Å². The van der Waals surface area contributed by atoms with E-state index in [1.807, 2.05) is 24.3 Å². The lowest BCUT2D eigenvalue weighted by molar-refractivity contribution is -0.134. The monoisotopic (exact) mass is 498 g/mol. The Morgan fingerprint density at radius 2 is 1.57 bits per heavy atom. The van der Waals surface area contributed by atoms with E-state index in [1.165, 1.54) is 36.7 Å². The summed E-state index contributed by atoms with van der Waals surface area (Å²) in [6.45, 7) is 0.655. The lowest BCUT2D eigenvalue weighted by Gasteiger charge is -2.34. The second-order valence-electron chi connectivity index (χ2n) is 7.94. The first kappa shape index (κ1) is 24.5. The molecule has 1 fully saturated rings. The Hall–Kier alpha value is -3.63. The van der Waals surface area contributed by atoms with Crippen LogP contribution in [-0.2, 0) is 19.6 Å². The molecular formula is C25H26N2O7S. The van der Waals surface area contributed by atoms with E-state index in [1.54, 1.807) is 23.1 Å². The zero-order valence-electron chi connectivity index (χ0n) is 19.5. The van der Waals surface area contributed by atoms with Gasteiger partial charge < -0.3 is 19.1 Å². The molecular weight excluding hydrogens is 472 g/mol. The minimum Gasteiger partial charge on any atom is -0.493 e. The van der Waals surface area contributed by atoms with E-state index in [4.69, 9.17) is 9.47 Å². The molecule has 1 amide bonds. The van der Waals surface area contributed by atoms with Gasteiger partial charge in [-0.15, -0.1) is 0 Å². The van der Waals surface area contributed by atoms with Crippen LogP contribution in [0.4, 0.5) is 0 Å². The summed E-state index contributed by atoms with van der Waals surface area (Å²) < 4.78 is 43.2. The number of esters is 1. The third-order valence-corrected chi connectivity index (χ3v) is 7.78. The van der Waals surface area contributed by atoms with Crippen molar-refractivity contribution in [3.63, 3.8) is 0 Å². The van der Waals surface area contributed by atoms with Crippen molar-refractivity contribution in [2.45, 2.75) is 4.90 Å². The molecule has 0 radical (unpaired) electrons. The van der Waals surface area contributed by atoms with Gasteiger partial charge in [-0.05, 0) is 41.1 Å². The molecule has 0 spiro atoms. The van der Waals surface area contributed by atoms with E-state index in [2.05, 4.69) is 4.74 Å². The van der Waals surface area contributed by atoms with Gasteiger partial charge in [0.1, 0.15) is 0 Å². The molecule has 1 aliphatic rings. The van der Waals surface area contributed by atoms with E-state index >= 15 is 0 Å². The Kier molecular flexibility index (Phi) is 7.23. The summed E-state index contributed by atoms with van der Waals surface area (Å²) in [4.78, 5) is 26.2. The summed E-state index contributed by atoms with van der Waals surface area (Å²) in [5, 5.41) is 1.83. The van der Waals surface area contributed by atoms with Crippen molar-refractivity contribution in [3.8, 4) is 11.5 Å². The zero-order chi connectivity index (χ0) is 25.0. The van der Waals surface area contributed by atoms with Crippen LogP contribution in [-0.4, -0.2) is 76.5 Å². The number of fused-ring (bicyclic) bond motifs is 1. The first-order valence-electron chi connectivity index (χ1n) is 11.0. The summed E-state index contributed by atoms with van der Waals surface area (Å²) in [7, 11) is -0.957. The molecule has 184 valence electrons. The maximum atomic E-state index is 13.1. The van der Waals surface area contributed by atoms with Crippen molar-refractivity contribution in [1.82, 2.24) is 9.21 Å². The fourth-order valence-corrected chi connectivity index (χ4v) is 5.38. The lowest BCUT2D eigenvalue weighted by atomic mass is 10.1. The van der Waals surface area contributed by atoms with E-state index in [-0.39, 0.29) is 43.6 Å². The Bertz CT molecular complexity index is 1350. The van der Waals surface area contributed by atoms with Crippen LogP contribution in [0.2, 0.25) is 0 Å². The summed E-state index contributed by atoms with van der Waals surface area (Å²) in [6.07, 6.45) is 0. The number of ether oxygens (including phenoxy) is 3. The first-order chi connectivity index (χ1) is 16.8. The highest BCUT2D eigenvalue weighted by molar-refractivity contribution is 7.89. The number of methoxy groups -OCH3 is 2. The van der Waals surface area contributed by atoms with Gasteiger partial charge in [0.15, 0.2) is 18.1 Å². The number of sulfonamides is 1. The molecule has 0 N–H and O–H groups in total. The van der Waals surface area contributed by atoms with Gasteiger partial charge in [0, 0.05) is 26.2 Å². The van der Waals surface area contributed by atoms with Crippen molar-refractivity contribution in [3.05, 3.63) is 66.2 Å². The van der Waals surface area contributed by atoms with E-state index in [9.17, 15) is 18.0 Å². The maximum absolute atomic E-state index is 13.1. The van der Waals surface area contributed by atoms with Crippen molar-refractivity contribution in [1.29, 1.82) is 0 Å². The molecule has 0 bridgehead atoms. The second-order valence-corrected chi connectivity index (χ2v) is 9.88. The predicted octanol–water partition coefficient (Wildman–Crippen LogP) is 2.55. The molecule has 4 rings (SSSR count). The fourth-order valence-electron chi connectivity index (χ4n) is 3.92. The van der Waals surface area contributed by atoms with Crippen LogP contribution in [0.3, 0.4) is 0 Å². The fraction of sp³-hybridized carbons (Fsp3) is 0.280. The minimum absolute atomic E-state index is 0.193. The summed E-state index contributed by atoms with van der Waals surface area (Å²) in [5.74, 6) is -0.174. The number of rotatable bonds is 7. The van der Waals surface area contributed by atoms with Crippen molar-refractivity contribution >= 4 is 32.7 Å². The summed E-state index contributed by atoms with van der Waals surface area (Å²) in [5.41, 5.74) is 0.298. The average Bonchev–Trinajstić information content (AvgIpc) is 2.90. The molecule has 0 saturated carbocycles. The van der Waals surface area contributed by atoms with Gasteiger partial charge in [-0.1, -0.05) is 30.3 Å². The molecule has 10 heteroatoms. The highest BCUT2D eigenvalue weighted by atomic mass is 32.2. The van der Waals surface area contributed by atoms with E-state index < -0.39 is 16.0 Å². The Labute approximate surface area is 203 Å². The van der Waals surface area contributed by atoms with Gasteiger partial charge in [-0.3, -0.25) is 4.79 Å². The topological polar surface area (TPSA) is 102 Å². The second kappa shape index (κ2) is 10.3. The lowest BCUT2D eigenvalue weighted by Crippen LogP contribution is -2.51. The number of hydrogen-bond acceptors (Lipinski definition) is 7. The number of hydrogen-bond donors (Lipinski definition) is 0. The number of nitrogens with zero attached hydrogens (tertiary/aromatic N) is 2. The van der Waals surface area contributed by atoms with Crippen molar-refractivity contribution < 1.29 is 32.2 Å². The molecule has 0 unspecified atom stereocenters. The standard InChI is InChI=1S/C25H26N2O7S/c1-32-23-16-20(25(29)33-2)8-10-22(23)34-17-24(28)26-11-13-27(14-12-26)35(30,31)21-9-7-18-5-3-4-6-19(18)15-21/h3-10,15-16H,11-14,17H2,1-2H3. The predicted molar refractivity (Wildman–Crippen MR) is 129 cm³/mol. The van der Waals surface area contributed by atoms with Crippen molar-refractivity contribution in [2.24, 2.45) is 0 Å². The minimum atomic E-state index is -3.67. The average molecular weight is 499 g/mol. The van der Waals surface area contributed by atoms with Crippen LogP contribution in [0.1, 0.15) is 10.4 Å². The van der Waals surface area contributed by atoms with E-state index in [0.717, 1.165) is 10.8 Å². The number of benzene rings is 3. The Balaban J connectivity index is 1.36. The molecule has 0 aliphatic carbocycles. The van der Waals surface area contributed by atoms with Gasteiger partial charge >= 0.3 is 5.97 Å². The van der Waals surface area contributed by atoms with Gasteiger partial charge in [-0.25, -0.2) is 13.2 Å². The van der Waals surface area contributed by atoms with Crippen LogP contribution in [0.5, 0.6) is 11.5 Å². The Morgan fingerprint density at radius 3 is 2.26 bits per heavy atom. The van der Waals surface area contributed by atoms with Gasteiger partial charge in [0.2, 0.25) is 10.0 Å². The zero-order valence-corrected chi connectivity index (χ0v) is 20.3. The molecule has 1 saturated heterocycles. The molecule has 3 aromatic carbocycles. The molecule has 3 aromatic rings. The molecule has 1 heterocycles. The molecule has 35 heavy (non-hydrogen) atoms. The van der Waals surface area contributed by atoms with Crippen LogP contribution >= 0.6 is 0 Å². The van der Waals surface area contributed by atoms with Gasteiger partial charge in [0.25, 0.3) is 5.91 Å². The summed E-state index contributed by atoms with van der Waals surface area (Å²) in [6, 6.07) is 17.2. The third kappa shape index (κ3) is 5.23. The number of amides is 1. The molecule has 0 atom stereocenters. The van der Waals surface area contributed by atoms with Crippen LogP contribution in [0.25, 0.3) is 10.8 Å². The van der Waals surface area contributed by atoms with Crippen LogP contribution in [0, 0.1) is 0 Å². The number of carbonyl (C=O) groups excluding carboxylic acids is 2. The maximum Gasteiger partial charge on any atom is 0.337 e.